The van der Waals surface area contributed by atoms with Crippen LogP contribution in [0.25, 0.3) is 0 Å². The van der Waals surface area contributed by atoms with Gasteiger partial charge in [-0.3, -0.25) is 4.79 Å². The zero-order chi connectivity index (χ0) is 16.3. The fraction of sp³-hybridized carbons (Fsp3) is 0.533. The normalized spacial score (nSPS) is 21.5. The Morgan fingerprint density at radius 1 is 1.27 bits per heavy atom. The summed E-state index contributed by atoms with van der Waals surface area (Å²) in [6.07, 6.45) is 3.70. The molecule has 1 aromatic rings. The number of benzene rings is 1. The van der Waals surface area contributed by atoms with E-state index in [0.717, 1.165) is 25.7 Å². The third-order valence-electron chi connectivity index (χ3n) is 3.93. The van der Waals surface area contributed by atoms with Gasteiger partial charge in [-0.05, 0) is 25.7 Å². The molecule has 7 heteroatoms. The van der Waals surface area contributed by atoms with E-state index in [0.29, 0.717) is 0 Å². The van der Waals surface area contributed by atoms with Gasteiger partial charge < -0.3 is 19.9 Å². The van der Waals surface area contributed by atoms with Crippen molar-refractivity contribution in [1.29, 1.82) is 0 Å². The minimum Gasteiger partial charge on any atom is -0.506 e. The maximum absolute atomic E-state index is 12.5. The van der Waals surface area contributed by atoms with E-state index >= 15 is 0 Å². The number of rotatable bonds is 4. The monoisotopic (exact) mass is 347 g/mol. The molecule has 22 heavy (non-hydrogen) atoms. The number of carbonyl (C=O) groups is 1. The van der Waals surface area contributed by atoms with Gasteiger partial charge in [-0.2, -0.15) is 0 Å². The summed E-state index contributed by atoms with van der Waals surface area (Å²) in [4.78, 5) is 12.5. The van der Waals surface area contributed by atoms with Gasteiger partial charge in [-0.1, -0.05) is 23.2 Å². The summed E-state index contributed by atoms with van der Waals surface area (Å²) in [5.74, 6) is -0.492. The number of carbonyl (C=O) groups excluding carboxylic acids is 1. The zero-order valence-electron chi connectivity index (χ0n) is 12.5. The van der Waals surface area contributed by atoms with E-state index in [1.807, 2.05) is 0 Å². The number of aromatic hydroxyl groups is 1. The molecule has 1 aliphatic carbocycles. The lowest BCUT2D eigenvalue weighted by Gasteiger charge is -2.28. The first-order valence-corrected chi connectivity index (χ1v) is 7.82. The molecule has 0 unspecified atom stereocenters. The summed E-state index contributed by atoms with van der Waals surface area (Å²) in [5, 5.41) is 12.7. The second-order valence-corrected chi connectivity index (χ2v) is 6.07. The van der Waals surface area contributed by atoms with Crippen molar-refractivity contribution in [3.05, 3.63) is 21.7 Å². The standard InChI is InChI=1S/C15H19Cl2NO4/c1-21-9-5-3-8(4-6-9)18-15(20)12-13(17)11(19)7-10(16)14(12)22-2/h7-9,19H,3-6H2,1-2H3,(H,18,20). The molecule has 1 aliphatic rings. The van der Waals surface area contributed by atoms with Crippen molar-refractivity contribution in [2.24, 2.45) is 0 Å². The second-order valence-electron chi connectivity index (χ2n) is 5.28. The van der Waals surface area contributed by atoms with Crippen LogP contribution in [0.2, 0.25) is 10.0 Å². The summed E-state index contributed by atoms with van der Waals surface area (Å²) in [7, 11) is 3.10. The third kappa shape index (κ3) is 3.59. The zero-order valence-corrected chi connectivity index (χ0v) is 14.0. The van der Waals surface area contributed by atoms with E-state index in [1.54, 1.807) is 7.11 Å². The number of halogens is 2. The Morgan fingerprint density at radius 2 is 1.91 bits per heavy atom. The van der Waals surface area contributed by atoms with Gasteiger partial charge >= 0.3 is 0 Å². The van der Waals surface area contributed by atoms with Crippen LogP contribution < -0.4 is 10.1 Å². The summed E-state index contributed by atoms with van der Waals surface area (Å²) in [5.41, 5.74) is 0.0584. The fourth-order valence-electron chi connectivity index (χ4n) is 2.70. The summed E-state index contributed by atoms with van der Waals surface area (Å²) in [6.45, 7) is 0. The van der Waals surface area contributed by atoms with Crippen LogP contribution in [0, 0.1) is 0 Å². The van der Waals surface area contributed by atoms with Gasteiger partial charge in [0.1, 0.15) is 11.3 Å². The molecule has 0 bridgehead atoms. The van der Waals surface area contributed by atoms with Crippen LogP contribution in [0.1, 0.15) is 36.0 Å². The molecule has 1 fully saturated rings. The van der Waals surface area contributed by atoms with Crippen molar-refractivity contribution in [1.82, 2.24) is 5.32 Å². The second kappa shape index (κ2) is 7.40. The molecule has 1 saturated carbocycles. The van der Waals surface area contributed by atoms with Crippen LogP contribution in [0.3, 0.4) is 0 Å². The average molecular weight is 348 g/mol. The molecule has 2 rings (SSSR count). The number of methoxy groups -OCH3 is 2. The lowest BCUT2D eigenvalue weighted by Crippen LogP contribution is -2.39. The van der Waals surface area contributed by atoms with Gasteiger partial charge in [0.25, 0.3) is 5.91 Å². The number of hydrogen-bond donors (Lipinski definition) is 2. The molecule has 0 heterocycles. The molecular weight excluding hydrogens is 329 g/mol. The Bertz CT molecular complexity index is 557. The van der Waals surface area contributed by atoms with Crippen LogP contribution in [-0.2, 0) is 4.74 Å². The van der Waals surface area contributed by atoms with Crippen LogP contribution in [0.15, 0.2) is 6.07 Å². The molecule has 2 N–H and O–H groups in total. The molecule has 0 radical (unpaired) electrons. The van der Waals surface area contributed by atoms with Crippen molar-refractivity contribution in [3.63, 3.8) is 0 Å². The van der Waals surface area contributed by atoms with Crippen molar-refractivity contribution >= 4 is 29.1 Å². The summed E-state index contributed by atoms with van der Waals surface area (Å²) < 4.78 is 10.5. The summed E-state index contributed by atoms with van der Waals surface area (Å²) in [6, 6.07) is 1.30. The van der Waals surface area contributed by atoms with E-state index in [9.17, 15) is 9.90 Å². The summed E-state index contributed by atoms with van der Waals surface area (Å²) >= 11 is 12.0. The first-order valence-electron chi connectivity index (χ1n) is 7.06. The van der Waals surface area contributed by atoms with E-state index in [2.05, 4.69) is 5.32 Å². The Kier molecular flexibility index (Phi) is 5.78. The maximum atomic E-state index is 12.5. The molecule has 0 saturated heterocycles. The van der Waals surface area contributed by atoms with E-state index in [-0.39, 0.29) is 39.3 Å². The van der Waals surface area contributed by atoms with Crippen molar-refractivity contribution in [2.75, 3.05) is 14.2 Å². The predicted molar refractivity (Wildman–Crippen MR) is 85.2 cm³/mol. The molecule has 122 valence electrons. The molecule has 0 atom stereocenters. The highest BCUT2D eigenvalue weighted by molar-refractivity contribution is 6.38. The van der Waals surface area contributed by atoms with Gasteiger partial charge in [0, 0.05) is 19.2 Å². The average Bonchev–Trinajstić information content (AvgIpc) is 2.51. The molecule has 1 aromatic carbocycles. The molecule has 5 nitrogen and oxygen atoms in total. The van der Waals surface area contributed by atoms with Gasteiger partial charge in [-0.15, -0.1) is 0 Å². The number of phenols is 1. The van der Waals surface area contributed by atoms with Crippen LogP contribution in [0.5, 0.6) is 11.5 Å². The highest BCUT2D eigenvalue weighted by Crippen LogP contribution is 2.40. The van der Waals surface area contributed by atoms with Gasteiger partial charge in [0.15, 0.2) is 5.75 Å². The Labute approximate surface area is 139 Å². The Hall–Kier alpha value is -1.17. The minimum absolute atomic E-state index is 0.0424. The topological polar surface area (TPSA) is 67.8 Å². The van der Waals surface area contributed by atoms with Crippen molar-refractivity contribution in [3.8, 4) is 11.5 Å². The lowest BCUT2D eigenvalue weighted by molar-refractivity contribution is 0.0598. The van der Waals surface area contributed by atoms with E-state index < -0.39 is 5.91 Å². The minimum atomic E-state index is -0.402. The molecule has 1 amide bonds. The molecule has 0 spiro atoms. The highest BCUT2D eigenvalue weighted by atomic mass is 35.5. The SMILES string of the molecule is COc1c(Cl)cc(O)c(Cl)c1C(=O)NC1CCC(OC)CC1. The number of nitrogens with one attached hydrogen (secondary N) is 1. The van der Waals surface area contributed by atoms with Crippen molar-refractivity contribution in [2.45, 2.75) is 37.8 Å². The Balaban J connectivity index is 2.16. The smallest absolute Gasteiger partial charge is 0.256 e. The maximum Gasteiger partial charge on any atom is 0.256 e. The fourth-order valence-corrected chi connectivity index (χ4v) is 3.20. The quantitative estimate of drug-likeness (QED) is 0.875. The van der Waals surface area contributed by atoms with Gasteiger partial charge in [0.2, 0.25) is 0 Å². The van der Waals surface area contributed by atoms with Crippen LogP contribution in [-0.4, -0.2) is 37.4 Å². The Morgan fingerprint density at radius 3 is 2.45 bits per heavy atom. The third-order valence-corrected chi connectivity index (χ3v) is 4.59. The molecule has 0 aromatic heterocycles. The number of hydrogen-bond acceptors (Lipinski definition) is 4. The highest BCUT2D eigenvalue weighted by Gasteiger charge is 2.27. The first-order chi connectivity index (χ1) is 10.5. The van der Waals surface area contributed by atoms with E-state index in [1.165, 1.54) is 13.2 Å². The number of amides is 1. The largest absolute Gasteiger partial charge is 0.506 e. The van der Waals surface area contributed by atoms with Crippen LogP contribution >= 0.6 is 23.2 Å². The number of phenolic OH excluding ortho intramolecular Hbond substituents is 1. The lowest BCUT2D eigenvalue weighted by atomic mass is 9.92. The van der Waals surface area contributed by atoms with Gasteiger partial charge in [-0.25, -0.2) is 0 Å². The van der Waals surface area contributed by atoms with Crippen molar-refractivity contribution < 1.29 is 19.4 Å². The predicted octanol–water partition coefficient (Wildman–Crippen LogP) is 3.40. The van der Waals surface area contributed by atoms with Crippen LogP contribution in [0.4, 0.5) is 0 Å². The van der Waals surface area contributed by atoms with Gasteiger partial charge in [0.05, 0.1) is 23.3 Å². The number of ether oxygens (including phenoxy) is 2. The molecular formula is C15H19Cl2NO4. The first kappa shape index (κ1) is 17.2. The van der Waals surface area contributed by atoms with E-state index in [4.69, 9.17) is 32.7 Å². The molecule has 0 aliphatic heterocycles.